The lowest BCUT2D eigenvalue weighted by Gasteiger charge is -2.09. The number of hydrogen-bond donors (Lipinski definition) is 2. The predicted molar refractivity (Wildman–Crippen MR) is 123 cm³/mol. The Morgan fingerprint density at radius 2 is 1.91 bits per heavy atom. The maximum absolute atomic E-state index is 12.2. The number of hydrogen-bond acceptors (Lipinski definition) is 8. The Bertz CT molecular complexity index is 1110. The molecule has 0 spiro atoms. The van der Waals surface area contributed by atoms with Gasteiger partial charge in [0.2, 0.25) is 0 Å². The lowest BCUT2D eigenvalue weighted by atomic mass is 10.2. The minimum atomic E-state index is -0.634. The molecule has 1 fully saturated rings. The summed E-state index contributed by atoms with van der Waals surface area (Å²) in [4.78, 5) is 35.4. The van der Waals surface area contributed by atoms with Gasteiger partial charge in [0.05, 0.1) is 18.2 Å². The topological polar surface area (TPSA) is 118 Å². The van der Waals surface area contributed by atoms with Crippen molar-refractivity contribution in [2.24, 2.45) is 10.2 Å². The quantitative estimate of drug-likeness (QED) is 0.289. The zero-order valence-corrected chi connectivity index (χ0v) is 18.1. The second-order valence-corrected chi connectivity index (χ2v) is 7.51. The second kappa shape index (κ2) is 10.9. The third kappa shape index (κ3) is 6.54. The molecular weight excluding hydrogens is 432 g/mol. The molecule has 10 heteroatoms. The van der Waals surface area contributed by atoms with Gasteiger partial charge in [-0.05, 0) is 43.0 Å². The van der Waals surface area contributed by atoms with Crippen LogP contribution in [0.25, 0.3) is 0 Å². The van der Waals surface area contributed by atoms with Crippen LogP contribution in [0.4, 0.5) is 5.69 Å². The highest BCUT2D eigenvalue weighted by molar-refractivity contribution is 8.18. The highest BCUT2D eigenvalue weighted by atomic mass is 32.2. The number of rotatable bonds is 7. The first-order valence-corrected chi connectivity index (χ1v) is 10.2. The normalized spacial score (nSPS) is 15.8. The number of amidine groups is 1. The van der Waals surface area contributed by atoms with Gasteiger partial charge in [-0.25, -0.2) is 4.79 Å². The molecule has 0 radical (unpaired) electrons. The monoisotopic (exact) mass is 452 g/mol. The number of carbonyl (C=O) groups excluding carboxylic acids is 3. The molecule has 0 aromatic heterocycles. The molecular formula is C22H20N4O5S. The van der Waals surface area contributed by atoms with Crippen LogP contribution in [-0.2, 0) is 19.1 Å². The molecule has 0 atom stereocenters. The van der Waals surface area contributed by atoms with E-state index in [9.17, 15) is 14.4 Å². The molecule has 3 rings (SSSR count). The van der Waals surface area contributed by atoms with Gasteiger partial charge in [0.1, 0.15) is 5.75 Å². The van der Waals surface area contributed by atoms with Crippen molar-refractivity contribution in [2.45, 2.75) is 6.92 Å². The lowest BCUT2D eigenvalue weighted by Crippen LogP contribution is -2.20. The van der Waals surface area contributed by atoms with Crippen LogP contribution < -0.4 is 15.4 Å². The van der Waals surface area contributed by atoms with Gasteiger partial charge in [0, 0.05) is 17.3 Å². The van der Waals surface area contributed by atoms with Crippen molar-refractivity contribution in [3.05, 3.63) is 70.6 Å². The summed E-state index contributed by atoms with van der Waals surface area (Å²) < 4.78 is 10.1. The predicted octanol–water partition coefficient (Wildman–Crippen LogP) is 2.62. The van der Waals surface area contributed by atoms with Crippen LogP contribution in [0.3, 0.4) is 0 Å². The lowest BCUT2D eigenvalue weighted by molar-refractivity contribution is -0.135. The number of nitrogens with zero attached hydrogens (tertiary/aromatic N) is 2. The van der Waals surface area contributed by atoms with Crippen LogP contribution in [0.2, 0.25) is 0 Å². The summed E-state index contributed by atoms with van der Waals surface area (Å²) in [6.45, 7) is 1.79. The van der Waals surface area contributed by atoms with Crippen LogP contribution >= 0.6 is 11.8 Å². The molecule has 164 valence electrons. The van der Waals surface area contributed by atoms with Gasteiger partial charge < -0.3 is 14.8 Å². The standard InChI is InChI=1S/C22H20N4O5S/c1-14-7-9-16(10-8-14)24-19(27)13-31-17-6-4-3-5-15(17)12-23-26-22-25-21(29)18(32-22)11-20(28)30-2/h3-12H,13H2,1-2H3,(H,24,27)(H,25,26,29)/b18-11+,23-12?. The van der Waals surface area contributed by atoms with Crippen LogP contribution in [0.15, 0.2) is 69.7 Å². The van der Waals surface area contributed by atoms with Crippen molar-refractivity contribution in [1.82, 2.24) is 5.32 Å². The van der Waals surface area contributed by atoms with E-state index in [1.54, 1.807) is 24.3 Å². The molecule has 2 amide bonds. The molecule has 0 unspecified atom stereocenters. The van der Waals surface area contributed by atoms with Crippen molar-refractivity contribution in [1.29, 1.82) is 0 Å². The number of methoxy groups -OCH3 is 1. The average molecular weight is 452 g/mol. The summed E-state index contributed by atoms with van der Waals surface area (Å²) in [5.74, 6) is -0.941. The van der Waals surface area contributed by atoms with E-state index in [-0.39, 0.29) is 22.6 Å². The summed E-state index contributed by atoms with van der Waals surface area (Å²) in [7, 11) is 1.22. The molecule has 1 saturated heterocycles. The van der Waals surface area contributed by atoms with Crippen LogP contribution in [-0.4, -0.2) is 42.9 Å². The van der Waals surface area contributed by atoms with E-state index in [0.717, 1.165) is 23.4 Å². The van der Waals surface area contributed by atoms with E-state index in [1.165, 1.54) is 13.3 Å². The summed E-state index contributed by atoms with van der Waals surface area (Å²) >= 11 is 0.969. The van der Waals surface area contributed by atoms with Gasteiger partial charge in [-0.1, -0.05) is 29.8 Å². The van der Waals surface area contributed by atoms with Gasteiger partial charge in [-0.15, -0.1) is 5.10 Å². The molecule has 0 aliphatic carbocycles. The Balaban J connectivity index is 1.60. The number of aryl methyl sites for hydroxylation is 1. The largest absolute Gasteiger partial charge is 0.483 e. The molecule has 0 saturated carbocycles. The number of esters is 1. The summed E-state index contributed by atoms with van der Waals surface area (Å²) in [5, 5.41) is 13.4. The fourth-order valence-corrected chi connectivity index (χ4v) is 3.22. The smallest absolute Gasteiger partial charge is 0.331 e. The minimum Gasteiger partial charge on any atom is -0.483 e. The van der Waals surface area contributed by atoms with Crippen molar-refractivity contribution >= 4 is 46.6 Å². The second-order valence-electron chi connectivity index (χ2n) is 6.48. The summed E-state index contributed by atoms with van der Waals surface area (Å²) in [5.41, 5.74) is 2.38. The van der Waals surface area contributed by atoms with Crippen molar-refractivity contribution in [3.63, 3.8) is 0 Å². The van der Waals surface area contributed by atoms with Gasteiger partial charge in [-0.2, -0.15) is 5.10 Å². The first-order valence-electron chi connectivity index (χ1n) is 9.43. The van der Waals surface area contributed by atoms with E-state index in [0.29, 0.717) is 17.0 Å². The van der Waals surface area contributed by atoms with E-state index >= 15 is 0 Å². The molecule has 9 nitrogen and oxygen atoms in total. The molecule has 0 bridgehead atoms. The summed E-state index contributed by atoms with van der Waals surface area (Å²) in [6.07, 6.45) is 2.52. The molecule has 2 aromatic carbocycles. The van der Waals surface area contributed by atoms with E-state index in [1.807, 2.05) is 31.2 Å². The Kier molecular flexibility index (Phi) is 7.76. The number of para-hydroxylation sites is 1. The van der Waals surface area contributed by atoms with Gasteiger partial charge >= 0.3 is 5.97 Å². The van der Waals surface area contributed by atoms with Crippen molar-refractivity contribution in [2.75, 3.05) is 19.0 Å². The maximum atomic E-state index is 12.2. The number of amides is 2. The first-order chi connectivity index (χ1) is 15.4. The fourth-order valence-electron chi connectivity index (χ4n) is 2.48. The number of benzene rings is 2. The first kappa shape index (κ1) is 22.8. The number of thioether (sulfide) groups is 1. The fraction of sp³-hybridized carbons (Fsp3) is 0.136. The molecule has 32 heavy (non-hydrogen) atoms. The highest BCUT2D eigenvalue weighted by Gasteiger charge is 2.25. The average Bonchev–Trinajstić information content (AvgIpc) is 3.13. The Morgan fingerprint density at radius 1 is 1.16 bits per heavy atom. The zero-order chi connectivity index (χ0) is 22.9. The molecule has 1 heterocycles. The Morgan fingerprint density at radius 3 is 2.66 bits per heavy atom. The Labute approximate surface area is 188 Å². The van der Waals surface area contributed by atoms with Crippen LogP contribution in [0.1, 0.15) is 11.1 Å². The van der Waals surface area contributed by atoms with Gasteiger partial charge in [0.15, 0.2) is 11.8 Å². The molecule has 2 aromatic rings. The van der Waals surface area contributed by atoms with Crippen molar-refractivity contribution < 1.29 is 23.9 Å². The zero-order valence-electron chi connectivity index (χ0n) is 17.3. The summed E-state index contributed by atoms with van der Waals surface area (Å²) in [6, 6.07) is 14.5. The minimum absolute atomic E-state index is 0.161. The highest BCUT2D eigenvalue weighted by Crippen LogP contribution is 2.23. The third-order valence-corrected chi connectivity index (χ3v) is 4.96. The van der Waals surface area contributed by atoms with Crippen LogP contribution in [0, 0.1) is 6.92 Å². The Hall–Kier alpha value is -3.92. The van der Waals surface area contributed by atoms with E-state index in [4.69, 9.17) is 4.74 Å². The van der Waals surface area contributed by atoms with E-state index in [2.05, 4.69) is 25.6 Å². The van der Waals surface area contributed by atoms with Gasteiger partial charge in [-0.3, -0.25) is 14.9 Å². The molecule has 2 N–H and O–H groups in total. The molecule has 1 aliphatic rings. The molecule has 1 aliphatic heterocycles. The van der Waals surface area contributed by atoms with Gasteiger partial charge in [0.25, 0.3) is 11.8 Å². The van der Waals surface area contributed by atoms with Crippen LogP contribution in [0.5, 0.6) is 5.75 Å². The maximum Gasteiger partial charge on any atom is 0.331 e. The number of carbonyl (C=O) groups is 3. The number of anilines is 1. The third-order valence-electron chi connectivity index (χ3n) is 4.06. The van der Waals surface area contributed by atoms with E-state index < -0.39 is 11.9 Å². The SMILES string of the molecule is COC(=O)/C=C1/S/C(=N\N=Cc2ccccc2OCC(=O)Nc2ccc(C)cc2)NC1=O. The number of nitrogens with one attached hydrogen (secondary N) is 2. The number of ether oxygens (including phenoxy) is 2. The van der Waals surface area contributed by atoms with Crippen molar-refractivity contribution in [3.8, 4) is 5.75 Å².